The van der Waals surface area contributed by atoms with E-state index < -0.39 is 8.07 Å². The second-order valence-corrected chi connectivity index (χ2v) is 8.87. The Bertz CT molecular complexity index is 227. The second-order valence-electron chi connectivity index (χ2n) is 3.87. The highest BCUT2D eigenvalue weighted by Gasteiger charge is 2.19. The summed E-state index contributed by atoms with van der Waals surface area (Å²) in [6, 6.07) is 0. The van der Waals surface area contributed by atoms with Crippen LogP contribution >= 0.6 is 0 Å². The molecule has 0 aliphatic heterocycles. The predicted molar refractivity (Wildman–Crippen MR) is 56.8 cm³/mol. The lowest BCUT2D eigenvalue weighted by Gasteiger charge is -2.19. The molecule has 1 nitrogen and oxygen atoms in total. The minimum Gasteiger partial charge on any atom is -0.392 e. The molecular formula is C10H18OSi. The first-order chi connectivity index (χ1) is 5.43. The van der Waals surface area contributed by atoms with Gasteiger partial charge in [0.1, 0.15) is 0 Å². The summed E-state index contributed by atoms with van der Waals surface area (Å²) in [5, 5.41) is 9.93. The van der Waals surface area contributed by atoms with Gasteiger partial charge in [0.25, 0.3) is 0 Å². The van der Waals surface area contributed by atoms with Crippen LogP contribution < -0.4 is 0 Å². The summed E-state index contributed by atoms with van der Waals surface area (Å²) < 4.78 is 0. The van der Waals surface area contributed by atoms with Crippen LogP contribution in [0.1, 0.15) is 6.92 Å². The predicted octanol–water partition coefficient (Wildman–Crippen LogP) is 2.51. The quantitative estimate of drug-likeness (QED) is 0.404. The van der Waals surface area contributed by atoms with Crippen LogP contribution in [-0.2, 0) is 0 Å². The van der Waals surface area contributed by atoms with Crippen molar-refractivity contribution in [1.82, 2.24) is 0 Å². The van der Waals surface area contributed by atoms with Gasteiger partial charge in [-0.05, 0) is 17.7 Å². The molecule has 12 heavy (non-hydrogen) atoms. The molecule has 0 atom stereocenters. The largest absolute Gasteiger partial charge is 0.392 e. The molecule has 0 aromatic rings. The van der Waals surface area contributed by atoms with Crippen LogP contribution in [0.4, 0.5) is 0 Å². The van der Waals surface area contributed by atoms with Gasteiger partial charge in [-0.1, -0.05) is 32.3 Å². The summed E-state index contributed by atoms with van der Waals surface area (Å²) in [6.07, 6.45) is 1.81. The molecule has 0 bridgehead atoms. The van der Waals surface area contributed by atoms with E-state index in [4.69, 9.17) is 5.11 Å². The van der Waals surface area contributed by atoms with Crippen molar-refractivity contribution in [2.24, 2.45) is 0 Å². The Kier molecular flexibility index (Phi) is 4.25. The molecule has 0 radical (unpaired) electrons. The van der Waals surface area contributed by atoms with Crippen LogP contribution in [-0.4, -0.2) is 19.8 Å². The first kappa shape index (κ1) is 11.4. The number of aliphatic hydroxyl groups is 1. The van der Waals surface area contributed by atoms with Crippen molar-refractivity contribution in [3.63, 3.8) is 0 Å². The van der Waals surface area contributed by atoms with Gasteiger partial charge in [0.15, 0.2) is 0 Å². The molecular weight excluding hydrogens is 164 g/mol. The minimum absolute atomic E-state index is 0.0987. The Hall–Kier alpha value is -0.563. The van der Waals surface area contributed by atoms with Gasteiger partial charge >= 0.3 is 0 Å². The Balaban J connectivity index is 4.85. The second kappa shape index (κ2) is 4.46. The molecule has 0 rings (SSSR count). The van der Waals surface area contributed by atoms with E-state index in [-0.39, 0.29) is 6.61 Å². The van der Waals surface area contributed by atoms with Crippen molar-refractivity contribution in [1.29, 1.82) is 0 Å². The van der Waals surface area contributed by atoms with Gasteiger partial charge in [0.05, 0.1) is 14.7 Å². The van der Waals surface area contributed by atoms with Crippen molar-refractivity contribution in [2.45, 2.75) is 26.6 Å². The molecule has 0 saturated carbocycles. The van der Waals surface area contributed by atoms with Crippen LogP contribution in [0, 0.1) is 0 Å². The monoisotopic (exact) mass is 182 g/mol. The molecule has 0 unspecified atom stereocenters. The molecule has 0 aromatic carbocycles. The molecule has 2 heteroatoms. The van der Waals surface area contributed by atoms with Crippen molar-refractivity contribution in [2.75, 3.05) is 6.61 Å². The molecule has 0 aliphatic carbocycles. The summed E-state index contributed by atoms with van der Waals surface area (Å²) in [7, 11) is -1.32. The Morgan fingerprint density at radius 1 is 1.50 bits per heavy atom. The molecule has 0 fully saturated rings. The summed E-state index contributed by atoms with van der Waals surface area (Å²) in [4.78, 5) is 0. The number of allylic oxidation sites excluding steroid dienone is 2. The van der Waals surface area contributed by atoms with E-state index in [1.54, 1.807) is 0 Å². The average Bonchev–Trinajstić information content (AvgIpc) is 1.85. The summed E-state index contributed by atoms with van der Waals surface area (Å²) in [6.45, 7) is 12.5. The Morgan fingerprint density at radius 3 is 2.25 bits per heavy atom. The van der Waals surface area contributed by atoms with Crippen LogP contribution in [0.5, 0.6) is 0 Å². The third-order valence-corrected chi connectivity index (χ3v) is 3.79. The average molecular weight is 182 g/mol. The maximum absolute atomic E-state index is 8.72. The van der Waals surface area contributed by atoms with Gasteiger partial charge in [0, 0.05) is 0 Å². The molecule has 0 aromatic heterocycles. The van der Waals surface area contributed by atoms with E-state index in [9.17, 15) is 0 Å². The normalized spacial score (nSPS) is 12.6. The Labute approximate surface area is 76.1 Å². The Morgan fingerprint density at radius 2 is 2.00 bits per heavy atom. The van der Waals surface area contributed by atoms with Crippen molar-refractivity contribution < 1.29 is 5.11 Å². The summed E-state index contributed by atoms with van der Waals surface area (Å²) in [5.74, 6) is 0. The molecule has 0 saturated heterocycles. The highest BCUT2D eigenvalue weighted by atomic mass is 28.3. The van der Waals surface area contributed by atoms with E-state index in [0.29, 0.717) is 0 Å². The highest BCUT2D eigenvalue weighted by molar-refractivity contribution is 6.83. The summed E-state index contributed by atoms with van der Waals surface area (Å²) in [5.41, 5.74) is 4.09. The molecule has 0 spiro atoms. The van der Waals surface area contributed by atoms with Crippen LogP contribution in [0.15, 0.2) is 29.2 Å². The third-order valence-electron chi connectivity index (χ3n) is 1.72. The first-order valence-electron chi connectivity index (χ1n) is 4.12. The van der Waals surface area contributed by atoms with Crippen LogP contribution in [0.3, 0.4) is 0 Å². The maximum atomic E-state index is 8.72. The molecule has 0 heterocycles. The lowest BCUT2D eigenvalue weighted by Crippen LogP contribution is -2.24. The standard InChI is InChI=1S/C10H18OSi/c1-6-10(12(3,4)5)9(2)7-8-11/h7,11H,1,8H2,2-5H3/b9-7-. The van der Waals surface area contributed by atoms with E-state index in [2.05, 4.69) is 32.0 Å². The fourth-order valence-electron chi connectivity index (χ4n) is 1.24. The lowest BCUT2D eigenvalue weighted by molar-refractivity contribution is 0.342. The van der Waals surface area contributed by atoms with E-state index >= 15 is 0 Å². The molecule has 68 valence electrons. The molecule has 1 N–H and O–H groups in total. The smallest absolute Gasteiger partial charge is 0.0878 e. The zero-order valence-corrected chi connectivity index (χ0v) is 9.44. The topological polar surface area (TPSA) is 20.2 Å². The van der Waals surface area contributed by atoms with E-state index in [1.165, 1.54) is 5.20 Å². The molecule has 0 aliphatic rings. The third kappa shape index (κ3) is 3.22. The van der Waals surface area contributed by atoms with Gasteiger partial charge in [-0.2, -0.15) is 0 Å². The van der Waals surface area contributed by atoms with Crippen molar-refractivity contribution in [3.05, 3.63) is 29.2 Å². The number of aliphatic hydroxyl groups excluding tert-OH is 1. The van der Waals surface area contributed by atoms with Crippen LogP contribution in [0.2, 0.25) is 19.6 Å². The zero-order valence-electron chi connectivity index (χ0n) is 8.44. The highest BCUT2D eigenvalue weighted by Crippen LogP contribution is 2.20. The van der Waals surface area contributed by atoms with Crippen molar-refractivity contribution >= 4 is 8.07 Å². The first-order valence-corrected chi connectivity index (χ1v) is 7.62. The SMILES string of the molecule is C=C=C(/C(C)=C\CO)[Si](C)(C)C. The maximum Gasteiger partial charge on any atom is 0.0878 e. The van der Waals surface area contributed by atoms with Crippen molar-refractivity contribution in [3.8, 4) is 0 Å². The van der Waals surface area contributed by atoms with E-state index in [1.807, 2.05) is 13.0 Å². The lowest BCUT2D eigenvalue weighted by atomic mass is 10.3. The van der Waals surface area contributed by atoms with E-state index in [0.717, 1.165) is 5.57 Å². The minimum atomic E-state index is -1.32. The van der Waals surface area contributed by atoms with Gasteiger partial charge < -0.3 is 5.11 Å². The fraction of sp³-hybridized carbons (Fsp3) is 0.500. The fourth-order valence-corrected chi connectivity index (χ4v) is 3.05. The van der Waals surface area contributed by atoms with Crippen LogP contribution in [0.25, 0.3) is 0 Å². The molecule has 0 amide bonds. The summed E-state index contributed by atoms with van der Waals surface area (Å²) >= 11 is 0. The number of hydrogen-bond acceptors (Lipinski definition) is 1. The zero-order chi connectivity index (χ0) is 9.78. The van der Waals surface area contributed by atoms with Gasteiger partial charge in [-0.15, -0.1) is 5.73 Å². The number of rotatable bonds is 3. The van der Waals surface area contributed by atoms with Gasteiger partial charge in [0.2, 0.25) is 0 Å². The number of hydrogen-bond donors (Lipinski definition) is 1. The van der Waals surface area contributed by atoms with Gasteiger partial charge in [-0.3, -0.25) is 0 Å². The van der Waals surface area contributed by atoms with Gasteiger partial charge in [-0.25, -0.2) is 0 Å².